The molecular formula is C16H17N3O. The van der Waals surface area contributed by atoms with Crippen molar-refractivity contribution in [3.63, 3.8) is 0 Å². The van der Waals surface area contributed by atoms with Crippen LogP contribution in [-0.4, -0.2) is 11.6 Å². The van der Waals surface area contributed by atoms with Crippen molar-refractivity contribution in [2.75, 3.05) is 11.9 Å². The Morgan fingerprint density at radius 3 is 2.70 bits per heavy atom. The average molecular weight is 267 g/mol. The average Bonchev–Trinajstić information content (AvgIpc) is 2.52. The van der Waals surface area contributed by atoms with Gasteiger partial charge in [0.2, 0.25) is 0 Å². The lowest BCUT2D eigenvalue weighted by Crippen LogP contribution is -2.05. The van der Waals surface area contributed by atoms with Crippen LogP contribution in [0, 0.1) is 11.3 Å². The van der Waals surface area contributed by atoms with Crippen LogP contribution in [-0.2, 0) is 17.9 Å². The summed E-state index contributed by atoms with van der Waals surface area (Å²) in [6.07, 6.45) is 0. The molecule has 0 aliphatic rings. The second-order valence-electron chi connectivity index (χ2n) is 4.28. The predicted molar refractivity (Wildman–Crippen MR) is 78.1 cm³/mol. The van der Waals surface area contributed by atoms with Crippen LogP contribution < -0.4 is 5.32 Å². The Kier molecular flexibility index (Phi) is 5.10. The van der Waals surface area contributed by atoms with Gasteiger partial charge in [-0.05, 0) is 30.2 Å². The SMILES string of the molecule is CCOCc1ccccc1CNc1cccc(C#N)n1. The predicted octanol–water partition coefficient (Wildman–Crippen LogP) is 3.10. The zero-order valence-corrected chi connectivity index (χ0v) is 11.5. The zero-order valence-electron chi connectivity index (χ0n) is 11.5. The molecule has 20 heavy (non-hydrogen) atoms. The number of benzene rings is 1. The number of nitrogens with one attached hydrogen (secondary N) is 1. The van der Waals surface area contributed by atoms with Crippen LogP contribution in [0.15, 0.2) is 42.5 Å². The van der Waals surface area contributed by atoms with Crippen LogP contribution in [0.25, 0.3) is 0 Å². The van der Waals surface area contributed by atoms with Gasteiger partial charge in [-0.25, -0.2) is 4.98 Å². The Balaban J connectivity index is 2.05. The molecule has 1 N–H and O–H groups in total. The first kappa shape index (κ1) is 14.0. The monoisotopic (exact) mass is 267 g/mol. The van der Waals surface area contributed by atoms with E-state index < -0.39 is 0 Å². The molecule has 0 bridgehead atoms. The van der Waals surface area contributed by atoms with Crippen LogP contribution >= 0.6 is 0 Å². The fourth-order valence-corrected chi connectivity index (χ4v) is 1.86. The van der Waals surface area contributed by atoms with E-state index in [-0.39, 0.29) is 0 Å². The summed E-state index contributed by atoms with van der Waals surface area (Å²) in [5, 5.41) is 12.1. The van der Waals surface area contributed by atoms with Crippen molar-refractivity contribution in [2.45, 2.75) is 20.1 Å². The number of ether oxygens (including phenoxy) is 1. The Morgan fingerprint density at radius 2 is 1.95 bits per heavy atom. The van der Waals surface area contributed by atoms with E-state index in [1.807, 2.05) is 37.3 Å². The van der Waals surface area contributed by atoms with Gasteiger partial charge in [0, 0.05) is 13.2 Å². The molecule has 0 amide bonds. The summed E-state index contributed by atoms with van der Waals surface area (Å²) in [5.74, 6) is 0.704. The Hall–Kier alpha value is -2.38. The first-order valence-corrected chi connectivity index (χ1v) is 6.59. The van der Waals surface area contributed by atoms with E-state index in [0.29, 0.717) is 31.3 Å². The van der Waals surface area contributed by atoms with Gasteiger partial charge in [-0.15, -0.1) is 0 Å². The summed E-state index contributed by atoms with van der Waals surface area (Å²) < 4.78 is 5.46. The first-order chi connectivity index (χ1) is 9.83. The van der Waals surface area contributed by atoms with Crippen molar-refractivity contribution in [3.8, 4) is 6.07 Å². The van der Waals surface area contributed by atoms with Crippen LogP contribution in [0.1, 0.15) is 23.7 Å². The molecule has 0 saturated heterocycles. The van der Waals surface area contributed by atoms with Gasteiger partial charge >= 0.3 is 0 Å². The number of rotatable bonds is 6. The summed E-state index contributed by atoms with van der Waals surface area (Å²) in [5.41, 5.74) is 2.75. The first-order valence-electron chi connectivity index (χ1n) is 6.59. The molecule has 1 aromatic carbocycles. The van der Waals surface area contributed by atoms with E-state index in [0.717, 1.165) is 0 Å². The standard InChI is InChI=1S/C16H17N3O/c1-2-20-12-14-7-4-3-6-13(14)11-18-16-9-5-8-15(10-17)19-16/h3-9H,2,11-12H2,1H3,(H,18,19). The highest BCUT2D eigenvalue weighted by molar-refractivity contribution is 5.40. The minimum absolute atomic E-state index is 0.414. The van der Waals surface area contributed by atoms with Crippen molar-refractivity contribution in [1.29, 1.82) is 5.26 Å². The maximum atomic E-state index is 8.83. The fraction of sp³-hybridized carbons (Fsp3) is 0.250. The summed E-state index contributed by atoms with van der Waals surface area (Å²) in [4.78, 5) is 4.19. The molecule has 1 heterocycles. The summed E-state index contributed by atoms with van der Waals surface area (Å²) in [7, 11) is 0. The van der Waals surface area contributed by atoms with Crippen molar-refractivity contribution in [2.24, 2.45) is 0 Å². The third kappa shape index (κ3) is 3.81. The third-order valence-corrected chi connectivity index (χ3v) is 2.90. The normalized spacial score (nSPS) is 10.0. The number of nitrogens with zero attached hydrogens (tertiary/aromatic N) is 2. The van der Waals surface area contributed by atoms with Crippen molar-refractivity contribution >= 4 is 5.82 Å². The van der Waals surface area contributed by atoms with E-state index >= 15 is 0 Å². The lowest BCUT2D eigenvalue weighted by molar-refractivity contribution is 0.133. The summed E-state index contributed by atoms with van der Waals surface area (Å²) >= 11 is 0. The highest BCUT2D eigenvalue weighted by Crippen LogP contribution is 2.13. The second-order valence-corrected chi connectivity index (χ2v) is 4.28. The van der Waals surface area contributed by atoms with Crippen LogP contribution in [0.4, 0.5) is 5.82 Å². The molecule has 0 fully saturated rings. The molecule has 2 aromatic rings. The molecule has 4 heteroatoms. The number of hydrogen-bond acceptors (Lipinski definition) is 4. The minimum Gasteiger partial charge on any atom is -0.377 e. The van der Waals surface area contributed by atoms with E-state index in [1.165, 1.54) is 11.1 Å². The van der Waals surface area contributed by atoms with E-state index in [4.69, 9.17) is 10.00 Å². The molecule has 1 aromatic heterocycles. The highest BCUT2D eigenvalue weighted by Gasteiger charge is 2.02. The third-order valence-electron chi connectivity index (χ3n) is 2.90. The van der Waals surface area contributed by atoms with Gasteiger partial charge in [-0.3, -0.25) is 0 Å². The fourth-order valence-electron chi connectivity index (χ4n) is 1.86. The Bertz CT molecular complexity index is 605. The molecular weight excluding hydrogens is 250 g/mol. The molecule has 4 nitrogen and oxygen atoms in total. The summed E-state index contributed by atoms with van der Waals surface area (Å²) in [6, 6.07) is 15.5. The number of aromatic nitrogens is 1. The van der Waals surface area contributed by atoms with E-state index in [2.05, 4.69) is 22.4 Å². The highest BCUT2D eigenvalue weighted by atomic mass is 16.5. The molecule has 0 radical (unpaired) electrons. The van der Waals surface area contributed by atoms with Crippen molar-refractivity contribution in [3.05, 3.63) is 59.3 Å². The van der Waals surface area contributed by atoms with Crippen LogP contribution in [0.5, 0.6) is 0 Å². The topological polar surface area (TPSA) is 57.9 Å². The number of pyridine rings is 1. The second kappa shape index (κ2) is 7.27. The number of nitriles is 1. The van der Waals surface area contributed by atoms with Gasteiger partial charge in [0.15, 0.2) is 0 Å². The Morgan fingerprint density at radius 1 is 1.15 bits per heavy atom. The molecule has 0 aliphatic heterocycles. The smallest absolute Gasteiger partial charge is 0.142 e. The molecule has 2 rings (SSSR count). The van der Waals surface area contributed by atoms with Gasteiger partial charge in [-0.2, -0.15) is 5.26 Å². The van der Waals surface area contributed by atoms with Crippen molar-refractivity contribution < 1.29 is 4.74 Å². The maximum absolute atomic E-state index is 8.83. The van der Waals surface area contributed by atoms with Gasteiger partial charge < -0.3 is 10.1 Å². The molecule has 0 atom stereocenters. The van der Waals surface area contributed by atoms with E-state index in [1.54, 1.807) is 6.07 Å². The molecule has 102 valence electrons. The van der Waals surface area contributed by atoms with Crippen molar-refractivity contribution in [1.82, 2.24) is 4.98 Å². The number of hydrogen-bond donors (Lipinski definition) is 1. The molecule has 0 unspecified atom stereocenters. The quantitative estimate of drug-likeness (QED) is 0.873. The number of anilines is 1. The van der Waals surface area contributed by atoms with Gasteiger partial charge in [0.1, 0.15) is 17.6 Å². The lowest BCUT2D eigenvalue weighted by atomic mass is 10.1. The largest absolute Gasteiger partial charge is 0.377 e. The summed E-state index contributed by atoms with van der Waals surface area (Å²) in [6.45, 7) is 3.96. The Labute approximate surface area is 119 Å². The molecule has 0 aliphatic carbocycles. The molecule has 0 spiro atoms. The van der Waals surface area contributed by atoms with E-state index in [9.17, 15) is 0 Å². The molecule has 0 saturated carbocycles. The van der Waals surface area contributed by atoms with Gasteiger partial charge in [-0.1, -0.05) is 30.3 Å². The minimum atomic E-state index is 0.414. The lowest BCUT2D eigenvalue weighted by Gasteiger charge is -2.11. The van der Waals surface area contributed by atoms with Crippen LogP contribution in [0.3, 0.4) is 0 Å². The maximum Gasteiger partial charge on any atom is 0.142 e. The van der Waals surface area contributed by atoms with Gasteiger partial charge in [0.05, 0.1) is 6.61 Å². The van der Waals surface area contributed by atoms with Gasteiger partial charge in [0.25, 0.3) is 0 Å². The van der Waals surface area contributed by atoms with Crippen LogP contribution in [0.2, 0.25) is 0 Å². The zero-order chi connectivity index (χ0) is 14.2.